The molecule has 10 atom stereocenters. The van der Waals surface area contributed by atoms with Crippen LogP contribution in [0.3, 0.4) is 0 Å². The Bertz CT molecular complexity index is 2370. The number of hydrogen-bond donors (Lipinski definition) is 10. The fourth-order valence-electron chi connectivity index (χ4n) is 6.21. The number of aromatic hydroxyl groups is 3. The molecule has 3 aromatic carbocycles. The summed E-state index contributed by atoms with van der Waals surface area (Å²) in [5.74, 6) is -8.05. The van der Waals surface area contributed by atoms with Gasteiger partial charge in [0.05, 0.1) is 14.2 Å². The number of aliphatic hydroxyl groups is 5. The van der Waals surface area contributed by atoms with Crippen molar-refractivity contribution in [2.45, 2.75) is 61.4 Å². The minimum absolute atomic E-state index is 0.00901. The molecule has 4 aromatic rings. The molecule has 2 aliphatic heterocycles. The van der Waals surface area contributed by atoms with Crippen molar-refractivity contribution in [3.63, 3.8) is 0 Å². The fraction of sp³-hybridized carbons (Fsp3) is 0.316. The van der Waals surface area contributed by atoms with Crippen molar-refractivity contribution >= 4 is 35.0 Å². The minimum atomic E-state index is -2.32. The average molecular weight is 845 g/mol. The maximum atomic E-state index is 14.0. The zero-order valence-electron chi connectivity index (χ0n) is 30.9. The monoisotopic (exact) mass is 844 g/mol. The zero-order valence-corrected chi connectivity index (χ0v) is 30.9. The number of aliphatic hydroxyl groups excluding tert-OH is 5. The number of fused-ring (bicyclic) bond motifs is 1. The molecule has 2 aliphatic rings. The van der Waals surface area contributed by atoms with Gasteiger partial charge in [-0.2, -0.15) is 0 Å². The lowest BCUT2D eigenvalue weighted by Crippen LogP contribution is -2.62. The van der Waals surface area contributed by atoms with E-state index in [1.807, 2.05) is 0 Å². The van der Waals surface area contributed by atoms with Crippen LogP contribution in [0, 0.1) is 0 Å². The molecule has 6 rings (SSSR count). The largest absolute Gasteiger partial charge is 0.507 e. The topological polar surface area (TPSA) is 348 Å². The van der Waals surface area contributed by atoms with Gasteiger partial charge in [-0.25, -0.2) is 14.4 Å². The van der Waals surface area contributed by atoms with Crippen molar-refractivity contribution < 1.29 is 103 Å². The molecule has 0 saturated carbocycles. The lowest BCUT2D eigenvalue weighted by Gasteiger charge is -2.40. The normalized spacial score (nSPS) is 26.8. The van der Waals surface area contributed by atoms with Gasteiger partial charge in [0.2, 0.25) is 18.3 Å². The number of esters is 1. The third-order valence-corrected chi connectivity index (χ3v) is 9.29. The molecule has 0 bridgehead atoms. The molecule has 60 heavy (non-hydrogen) atoms. The summed E-state index contributed by atoms with van der Waals surface area (Å²) in [6.45, 7) is 0. The molecule has 0 unspecified atom stereocenters. The number of phenolic OH excluding ortho intramolecular Hbond substituents is 3. The van der Waals surface area contributed by atoms with Crippen molar-refractivity contribution in [2.24, 2.45) is 0 Å². The van der Waals surface area contributed by atoms with Gasteiger partial charge in [0, 0.05) is 23.8 Å². The second kappa shape index (κ2) is 17.3. The summed E-state index contributed by atoms with van der Waals surface area (Å²) in [4.78, 5) is 50.9. The van der Waals surface area contributed by atoms with Crippen molar-refractivity contribution in [3.05, 3.63) is 76.1 Å². The van der Waals surface area contributed by atoms with Crippen LogP contribution in [0.1, 0.15) is 5.56 Å². The van der Waals surface area contributed by atoms with Crippen LogP contribution in [0.4, 0.5) is 0 Å². The average Bonchev–Trinajstić information content (AvgIpc) is 3.20. The Kier molecular flexibility index (Phi) is 12.4. The maximum Gasteiger partial charge on any atom is 0.374 e. The van der Waals surface area contributed by atoms with Crippen LogP contribution in [0.25, 0.3) is 28.4 Å². The maximum absolute atomic E-state index is 14.0. The lowest BCUT2D eigenvalue weighted by molar-refractivity contribution is -0.288. The summed E-state index contributed by atoms with van der Waals surface area (Å²) in [7, 11) is 2.49. The highest BCUT2D eigenvalue weighted by atomic mass is 16.7. The highest BCUT2D eigenvalue weighted by Gasteiger charge is 2.52. The molecule has 1 aromatic heterocycles. The second-order valence-electron chi connectivity index (χ2n) is 13.2. The quantitative estimate of drug-likeness (QED) is 0.0482. The highest BCUT2D eigenvalue weighted by molar-refractivity contribution is 5.92. The first-order valence-electron chi connectivity index (χ1n) is 17.4. The van der Waals surface area contributed by atoms with Gasteiger partial charge in [-0.05, 0) is 42.0 Å². The van der Waals surface area contributed by atoms with Crippen molar-refractivity contribution in [1.29, 1.82) is 0 Å². The molecule has 0 aliphatic carbocycles. The number of phenols is 3. The molecular formula is C38H36O22. The molecule has 10 N–H and O–H groups in total. The Morgan fingerprint density at radius 1 is 0.667 bits per heavy atom. The van der Waals surface area contributed by atoms with E-state index in [9.17, 15) is 70.2 Å². The summed E-state index contributed by atoms with van der Waals surface area (Å²) < 4.78 is 43.3. The lowest BCUT2D eigenvalue weighted by atomic mass is 9.98. The Balaban J connectivity index is 1.37. The number of benzene rings is 3. The van der Waals surface area contributed by atoms with Gasteiger partial charge in [-0.1, -0.05) is 6.07 Å². The number of rotatable bonds is 12. The summed E-state index contributed by atoms with van der Waals surface area (Å²) in [5.41, 5.74) is -0.776. The van der Waals surface area contributed by atoms with Gasteiger partial charge in [0.1, 0.15) is 58.7 Å². The standard InChI is InChI=1S/C38H36O22/c1-53-21-7-13(3-5-16(21)39)8-24(57-37-30(47)26(43)27(44)31(59-37)34(48)49)36(52)58-33-29(46)28(45)32(35(50)51)60-38(33)55-15-10-18(41)25-19(42)12-20(56-23(25)11-15)14-4-6-17(40)22(9-14)54-2/h3-12,26-33,37-41,43-47H,1-2H3,(H,48,49)(H,50,51)/b24-8-/t26-,27-,28-,29-,30+,31-,32-,33+,37+,38+/m0/s1. The van der Waals surface area contributed by atoms with Crippen LogP contribution < -0.4 is 19.6 Å². The Morgan fingerprint density at radius 3 is 1.90 bits per heavy atom. The highest BCUT2D eigenvalue weighted by Crippen LogP contribution is 2.37. The third-order valence-electron chi connectivity index (χ3n) is 9.29. The first-order chi connectivity index (χ1) is 28.4. The van der Waals surface area contributed by atoms with E-state index in [1.165, 1.54) is 44.6 Å². The number of aliphatic carboxylic acids is 2. The predicted octanol–water partition coefficient (Wildman–Crippen LogP) is -0.634. The fourth-order valence-corrected chi connectivity index (χ4v) is 6.21. The molecule has 0 spiro atoms. The number of carboxylic acid groups (broad SMARTS) is 2. The van der Waals surface area contributed by atoms with Crippen LogP contribution in [0.5, 0.6) is 34.5 Å². The van der Waals surface area contributed by atoms with Gasteiger partial charge in [0.25, 0.3) is 0 Å². The second-order valence-corrected chi connectivity index (χ2v) is 13.2. The van der Waals surface area contributed by atoms with E-state index in [0.29, 0.717) is 0 Å². The van der Waals surface area contributed by atoms with E-state index in [-0.39, 0.29) is 50.9 Å². The van der Waals surface area contributed by atoms with Crippen molar-refractivity contribution in [1.82, 2.24) is 0 Å². The Labute approximate surface area is 335 Å². The van der Waals surface area contributed by atoms with Gasteiger partial charge < -0.3 is 88.6 Å². The number of carbonyl (C=O) groups is 3. The van der Waals surface area contributed by atoms with Crippen LogP contribution in [-0.2, 0) is 33.3 Å². The summed E-state index contributed by atoms with van der Waals surface area (Å²) in [6.07, 6.45) is -21.2. The molecule has 320 valence electrons. The SMILES string of the molecule is COc1cc(/C=C(\O[C@@H]2O[C@H](C(=O)O)[C@@H](O)[C@H](O)[C@H]2O)C(=O)O[C@H]2[C@H](Oc3cc(O)c4c(=O)cc(-c5ccc(O)c(OC)c5)oc4c3)O[C@H](C(=O)O)[C@@H](O)[C@@H]2O)ccc1O. The number of hydrogen-bond acceptors (Lipinski definition) is 20. The third kappa shape index (κ3) is 8.55. The van der Waals surface area contributed by atoms with Crippen LogP contribution in [-0.4, -0.2) is 145 Å². The van der Waals surface area contributed by atoms with Gasteiger partial charge in [-0.15, -0.1) is 0 Å². The van der Waals surface area contributed by atoms with Crippen molar-refractivity contribution in [2.75, 3.05) is 14.2 Å². The van der Waals surface area contributed by atoms with Crippen LogP contribution in [0.2, 0.25) is 0 Å². The molecule has 2 fully saturated rings. The van der Waals surface area contributed by atoms with E-state index in [0.717, 1.165) is 30.3 Å². The smallest absolute Gasteiger partial charge is 0.374 e. The molecule has 3 heterocycles. The Morgan fingerprint density at radius 2 is 1.27 bits per heavy atom. The van der Waals surface area contributed by atoms with E-state index in [2.05, 4.69) is 0 Å². The first-order valence-corrected chi connectivity index (χ1v) is 17.4. The first kappa shape index (κ1) is 42.9. The van der Waals surface area contributed by atoms with Crippen LogP contribution in [0.15, 0.2) is 69.6 Å². The van der Waals surface area contributed by atoms with Crippen LogP contribution >= 0.6 is 0 Å². The molecule has 2 saturated heterocycles. The van der Waals surface area contributed by atoms with E-state index in [1.54, 1.807) is 0 Å². The van der Waals surface area contributed by atoms with E-state index < -0.39 is 102 Å². The molecule has 22 nitrogen and oxygen atoms in total. The number of methoxy groups -OCH3 is 2. The van der Waals surface area contributed by atoms with E-state index in [4.69, 9.17) is 37.6 Å². The molecule has 0 amide bonds. The van der Waals surface area contributed by atoms with Gasteiger partial charge in [-0.3, -0.25) is 4.79 Å². The van der Waals surface area contributed by atoms with Gasteiger partial charge in [0.15, 0.2) is 46.7 Å². The molecule has 0 radical (unpaired) electrons. The van der Waals surface area contributed by atoms with E-state index >= 15 is 0 Å². The molecule has 22 heteroatoms. The number of ether oxygens (including phenoxy) is 7. The molecular weight excluding hydrogens is 808 g/mol. The summed E-state index contributed by atoms with van der Waals surface area (Å²) >= 11 is 0. The number of carbonyl (C=O) groups excluding carboxylic acids is 1. The van der Waals surface area contributed by atoms with Crippen molar-refractivity contribution in [3.8, 4) is 45.8 Å². The van der Waals surface area contributed by atoms with Gasteiger partial charge >= 0.3 is 17.9 Å². The predicted molar refractivity (Wildman–Crippen MR) is 195 cm³/mol. The summed E-state index contributed by atoms with van der Waals surface area (Å²) in [6, 6.07) is 10.6. The minimum Gasteiger partial charge on any atom is -0.507 e. The zero-order chi connectivity index (χ0) is 43.7. The number of carboxylic acids is 2. The Hall–Kier alpha value is -6.66. The summed E-state index contributed by atoms with van der Waals surface area (Å²) in [5, 5.41) is 103.